The van der Waals surface area contributed by atoms with Gasteiger partial charge < -0.3 is 5.32 Å². The highest BCUT2D eigenvalue weighted by Crippen LogP contribution is 2.29. The molecule has 4 heteroatoms. The number of pyridine rings is 1. The molecule has 1 heterocycles. The van der Waals surface area contributed by atoms with E-state index >= 15 is 0 Å². The number of halogens is 1. The molecule has 1 fully saturated rings. The van der Waals surface area contributed by atoms with Crippen LogP contribution in [-0.4, -0.2) is 30.0 Å². The van der Waals surface area contributed by atoms with Gasteiger partial charge in [-0.25, -0.2) is 4.98 Å². The van der Waals surface area contributed by atoms with Gasteiger partial charge in [0.05, 0.1) is 10.7 Å². The molecule has 1 N–H and O–H groups in total. The van der Waals surface area contributed by atoms with Gasteiger partial charge in [-0.15, -0.1) is 0 Å². The van der Waals surface area contributed by atoms with Gasteiger partial charge in [0, 0.05) is 19.6 Å². The Morgan fingerprint density at radius 1 is 1.37 bits per heavy atom. The van der Waals surface area contributed by atoms with Crippen LogP contribution in [0.15, 0.2) is 12.1 Å². The van der Waals surface area contributed by atoms with Crippen LogP contribution in [0, 0.1) is 5.92 Å². The van der Waals surface area contributed by atoms with Crippen molar-refractivity contribution in [3.8, 4) is 0 Å². The first-order chi connectivity index (χ1) is 9.11. The molecule has 1 aliphatic carbocycles. The number of hydrogen-bond acceptors (Lipinski definition) is 3. The normalized spacial score (nSPS) is 23.6. The second-order valence-electron chi connectivity index (χ2n) is 5.62. The molecule has 2 rings (SSSR count). The van der Waals surface area contributed by atoms with E-state index in [9.17, 15) is 0 Å². The summed E-state index contributed by atoms with van der Waals surface area (Å²) in [6, 6.07) is 4.49. The van der Waals surface area contributed by atoms with Gasteiger partial charge in [-0.05, 0) is 37.9 Å². The largest absolute Gasteiger partial charge is 0.373 e. The van der Waals surface area contributed by atoms with E-state index in [4.69, 9.17) is 11.6 Å². The van der Waals surface area contributed by atoms with Crippen molar-refractivity contribution >= 4 is 17.4 Å². The molecule has 2 unspecified atom stereocenters. The van der Waals surface area contributed by atoms with E-state index in [1.165, 1.54) is 25.7 Å². The van der Waals surface area contributed by atoms with E-state index in [1.54, 1.807) is 0 Å². The van der Waals surface area contributed by atoms with Crippen molar-refractivity contribution in [2.75, 3.05) is 19.4 Å². The van der Waals surface area contributed by atoms with E-state index in [-0.39, 0.29) is 0 Å². The molecular weight excluding hydrogens is 258 g/mol. The van der Waals surface area contributed by atoms with Gasteiger partial charge in [0.25, 0.3) is 0 Å². The third kappa shape index (κ3) is 3.61. The van der Waals surface area contributed by atoms with Crippen LogP contribution in [-0.2, 0) is 6.54 Å². The molecule has 0 saturated heterocycles. The van der Waals surface area contributed by atoms with Crippen LogP contribution in [0.2, 0.25) is 5.02 Å². The second kappa shape index (κ2) is 6.58. The van der Waals surface area contributed by atoms with E-state index in [2.05, 4.69) is 29.2 Å². The maximum atomic E-state index is 6.26. The average molecular weight is 282 g/mol. The highest BCUT2D eigenvalue weighted by atomic mass is 35.5. The Hall–Kier alpha value is -0.800. The number of anilines is 1. The smallest absolute Gasteiger partial charge is 0.126 e. The summed E-state index contributed by atoms with van der Waals surface area (Å²) in [5.41, 5.74) is 0.966. The molecule has 106 valence electrons. The van der Waals surface area contributed by atoms with Crippen LogP contribution in [0.4, 0.5) is 5.82 Å². The van der Waals surface area contributed by atoms with Gasteiger partial charge in [0.1, 0.15) is 5.82 Å². The summed E-state index contributed by atoms with van der Waals surface area (Å²) in [6.07, 6.45) is 5.35. The molecule has 0 amide bonds. The molecule has 1 aliphatic rings. The Morgan fingerprint density at radius 3 is 2.79 bits per heavy atom. The Labute approximate surface area is 121 Å². The molecule has 3 nitrogen and oxygen atoms in total. The van der Waals surface area contributed by atoms with Crippen molar-refractivity contribution in [1.29, 1.82) is 0 Å². The Balaban J connectivity index is 2.07. The Morgan fingerprint density at radius 2 is 2.11 bits per heavy atom. The molecule has 1 saturated carbocycles. The lowest BCUT2D eigenvalue weighted by Crippen LogP contribution is -2.38. The first-order valence-corrected chi connectivity index (χ1v) is 7.53. The van der Waals surface area contributed by atoms with E-state index in [0.29, 0.717) is 6.04 Å². The number of nitrogens with zero attached hydrogens (tertiary/aromatic N) is 2. The molecule has 19 heavy (non-hydrogen) atoms. The van der Waals surface area contributed by atoms with Gasteiger partial charge in [-0.2, -0.15) is 0 Å². The lowest BCUT2D eigenvalue weighted by Gasteiger charge is -2.36. The summed E-state index contributed by atoms with van der Waals surface area (Å²) < 4.78 is 0. The summed E-state index contributed by atoms with van der Waals surface area (Å²) in [6.45, 7) is 3.18. The van der Waals surface area contributed by atoms with Crippen LogP contribution in [0.5, 0.6) is 0 Å². The first-order valence-electron chi connectivity index (χ1n) is 7.15. The van der Waals surface area contributed by atoms with Crippen molar-refractivity contribution in [1.82, 2.24) is 9.88 Å². The van der Waals surface area contributed by atoms with Crippen LogP contribution in [0.3, 0.4) is 0 Å². The predicted octanol–water partition coefficient (Wildman–Crippen LogP) is 3.79. The van der Waals surface area contributed by atoms with Crippen LogP contribution in [0.1, 0.15) is 38.3 Å². The second-order valence-corrected chi connectivity index (χ2v) is 6.03. The zero-order valence-electron chi connectivity index (χ0n) is 12.1. The minimum Gasteiger partial charge on any atom is -0.373 e. The minimum absolute atomic E-state index is 0.657. The summed E-state index contributed by atoms with van der Waals surface area (Å²) in [7, 11) is 4.07. The highest BCUT2D eigenvalue weighted by Gasteiger charge is 2.25. The first kappa shape index (κ1) is 14.6. The van der Waals surface area contributed by atoms with Gasteiger partial charge >= 0.3 is 0 Å². The molecule has 1 aromatic heterocycles. The molecule has 0 aromatic carbocycles. The molecular formula is C15H24ClN3. The van der Waals surface area contributed by atoms with Crippen LogP contribution < -0.4 is 5.32 Å². The third-order valence-corrected chi connectivity index (χ3v) is 4.55. The van der Waals surface area contributed by atoms with Gasteiger partial charge in [0.2, 0.25) is 0 Å². The number of hydrogen-bond donors (Lipinski definition) is 1. The molecule has 1 aromatic rings. The fourth-order valence-corrected chi connectivity index (χ4v) is 3.20. The zero-order valence-corrected chi connectivity index (χ0v) is 12.9. The SMILES string of the molecule is CNc1ccc(Cl)c(CN(C)C2CCCCC2C)n1. The fourth-order valence-electron chi connectivity index (χ4n) is 3.04. The van der Waals surface area contributed by atoms with Gasteiger partial charge in [-0.1, -0.05) is 31.4 Å². The monoisotopic (exact) mass is 281 g/mol. The number of rotatable bonds is 4. The predicted molar refractivity (Wildman–Crippen MR) is 81.7 cm³/mol. The number of aromatic nitrogens is 1. The van der Waals surface area contributed by atoms with Crippen molar-refractivity contribution in [3.63, 3.8) is 0 Å². The minimum atomic E-state index is 0.657. The Kier molecular flexibility index (Phi) is 5.06. The lowest BCUT2D eigenvalue weighted by atomic mass is 9.85. The van der Waals surface area contributed by atoms with E-state index < -0.39 is 0 Å². The molecule has 0 radical (unpaired) electrons. The van der Waals surface area contributed by atoms with Gasteiger partial charge in [0.15, 0.2) is 0 Å². The topological polar surface area (TPSA) is 28.2 Å². The van der Waals surface area contributed by atoms with Crippen molar-refractivity contribution < 1.29 is 0 Å². The summed E-state index contributed by atoms with van der Waals surface area (Å²) in [4.78, 5) is 6.98. The van der Waals surface area contributed by atoms with Crippen molar-refractivity contribution in [2.24, 2.45) is 5.92 Å². The molecule has 0 aliphatic heterocycles. The Bertz CT molecular complexity index is 422. The van der Waals surface area contributed by atoms with Gasteiger partial charge in [-0.3, -0.25) is 4.90 Å². The van der Waals surface area contributed by atoms with Crippen molar-refractivity contribution in [2.45, 2.75) is 45.2 Å². The molecule has 2 atom stereocenters. The fraction of sp³-hybridized carbons (Fsp3) is 0.667. The standard InChI is InChI=1S/C15H24ClN3/c1-11-6-4-5-7-14(11)19(3)10-13-12(16)8-9-15(17-2)18-13/h8-9,11,14H,4-7,10H2,1-3H3,(H,17,18). The summed E-state index contributed by atoms with van der Waals surface area (Å²) in [5, 5.41) is 3.83. The van der Waals surface area contributed by atoms with E-state index in [0.717, 1.165) is 29.0 Å². The third-order valence-electron chi connectivity index (χ3n) is 4.21. The average Bonchev–Trinajstić information content (AvgIpc) is 2.41. The lowest BCUT2D eigenvalue weighted by molar-refractivity contribution is 0.132. The van der Waals surface area contributed by atoms with Crippen LogP contribution in [0.25, 0.3) is 0 Å². The summed E-state index contributed by atoms with van der Waals surface area (Å²) >= 11 is 6.26. The molecule has 0 spiro atoms. The molecule has 0 bridgehead atoms. The van der Waals surface area contributed by atoms with Crippen LogP contribution >= 0.6 is 11.6 Å². The zero-order chi connectivity index (χ0) is 13.8. The maximum Gasteiger partial charge on any atom is 0.126 e. The highest BCUT2D eigenvalue weighted by molar-refractivity contribution is 6.31. The quantitative estimate of drug-likeness (QED) is 0.910. The maximum absolute atomic E-state index is 6.26. The number of nitrogens with one attached hydrogen (secondary N) is 1. The van der Waals surface area contributed by atoms with E-state index in [1.807, 2.05) is 19.2 Å². The van der Waals surface area contributed by atoms with Crippen molar-refractivity contribution in [3.05, 3.63) is 22.8 Å². The summed E-state index contributed by atoms with van der Waals surface area (Å²) in [5.74, 6) is 1.65.